The van der Waals surface area contributed by atoms with Gasteiger partial charge in [-0.2, -0.15) is 0 Å². The summed E-state index contributed by atoms with van der Waals surface area (Å²) in [5.74, 6) is 5.71. The van der Waals surface area contributed by atoms with Gasteiger partial charge in [-0.05, 0) is 143 Å². The van der Waals surface area contributed by atoms with Crippen LogP contribution >= 0.6 is 24.4 Å². The minimum absolute atomic E-state index is 0.306. The number of rotatable bonds is 6. The molecule has 6 heteroatoms. The Morgan fingerprint density at radius 2 is 0.839 bits per heavy atom. The number of hydrogen-bond acceptors (Lipinski definition) is 2. The summed E-state index contributed by atoms with van der Waals surface area (Å²) in [6.45, 7) is 1.82. The van der Waals surface area contributed by atoms with Crippen LogP contribution in [0.3, 0.4) is 0 Å². The predicted octanol–water partition coefficient (Wildman–Crippen LogP) is 4.24. The lowest BCUT2D eigenvalue weighted by Gasteiger charge is -2.57. The van der Waals surface area contributed by atoms with Crippen LogP contribution in [0.1, 0.15) is 83.5 Å². The molecule has 0 aromatic carbocycles. The normalized spacial score (nSPS) is 46.1. The van der Waals surface area contributed by atoms with Crippen molar-refractivity contribution in [2.24, 2.45) is 35.5 Å². The third-order valence-corrected chi connectivity index (χ3v) is 10.3. The maximum Gasteiger partial charge on any atom is 0.166 e. The Morgan fingerprint density at radius 1 is 0.548 bits per heavy atom. The number of nitrogens with one attached hydrogen (secondary N) is 4. The quantitative estimate of drug-likeness (QED) is 0.351. The second-order valence-electron chi connectivity index (χ2n) is 12.5. The summed E-state index contributed by atoms with van der Waals surface area (Å²) in [6.07, 6.45) is 17.9. The van der Waals surface area contributed by atoms with Crippen LogP contribution in [-0.4, -0.2) is 34.4 Å². The standard InChI is InChI=1S/C25H40N4S2/c30-22(28-24-10-16-4-17(11-24)6-18(5-16)12-24)26-2-1-3-27-23(31)29-25-13-19-7-20(14-25)9-21(8-19)15-25/h16-21H,1-15H2,(H2,26,28,30)(H2,27,29,31). The van der Waals surface area contributed by atoms with Crippen molar-refractivity contribution in [2.45, 2.75) is 94.5 Å². The van der Waals surface area contributed by atoms with E-state index in [9.17, 15) is 0 Å². The summed E-state index contributed by atoms with van der Waals surface area (Å²) in [7, 11) is 0. The molecule has 0 radical (unpaired) electrons. The number of thiocarbonyl (C=S) groups is 2. The summed E-state index contributed by atoms with van der Waals surface area (Å²) in [5.41, 5.74) is 0.612. The van der Waals surface area contributed by atoms with Gasteiger partial charge in [0, 0.05) is 24.2 Å². The molecule has 0 amide bonds. The van der Waals surface area contributed by atoms with E-state index in [0.29, 0.717) is 11.1 Å². The molecule has 0 atom stereocenters. The van der Waals surface area contributed by atoms with Crippen molar-refractivity contribution < 1.29 is 0 Å². The van der Waals surface area contributed by atoms with Crippen molar-refractivity contribution >= 4 is 34.7 Å². The van der Waals surface area contributed by atoms with Crippen LogP contribution in [0.25, 0.3) is 0 Å². The smallest absolute Gasteiger partial charge is 0.166 e. The average molecular weight is 461 g/mol. The van der Waals surface area contributed by atoms with Gasteiger partial charge in [-0.15, -0.1) is 0 Å². The van der Waals surface area contributed by atoms with Gasteiger partial charge < -0.3 is 21.3 Å². The zero-order valence-corrected chi connectivity index (χ0v) is 20.5. The van der Waals surface area contributed by atoms with Gasteiger partial charge in [0.25, 0.3) is 0 Å². The van der Waals surface area contributed by atoms with Crippen molar-refractivity contribution in [3.8, 4) is 0 Å². The molecule has 0 saturated heterocycles. The molecule has 0 aromatic rings. The molecule has 0 aromatic heterocycles. The summed E-state index contributed by atoms with van der Waals surface area (Å²) in [5, 5.41) is 16.2. The summed E-state index contributed by atoms with van der Waals surface area (Å²) in [6, 6.07) is 0. The highest BCUT2D eigenvalue weighted by Crippen LogP contribution is 2.56. The Balaban J connectivity index is 0.898. The van der Waals surface area contributed by atoms with E-state index in [1.165, 1.54) is 77.0 Å². The molecule has 0 spiro atoms. The summed E-state index contributed by atoms with van der Waals surface area (Å²) >= 11 is 11.4. The molecule has 0 heterocycles. The van der Waals surface area contributed by atoms with Gasteiger partial charge in [-0.3, -0.25) is 0 Å². The second-order valence-corrected chi connectivity index (χ2v) is 13.3. The molecule has 4 N–H and O–H groups in total. The van der Waals surface area contributed by atoms with Crippen molar-refractivity contribution in [2.75, 3.05) is 13.1 Å². The fourth-order valence-electron chi connectivity index (χ4n) is 9.59. The molecule has 8 aliphatic rings. The minimum atomic E-state index is 0.306. The van der Waals surface area contributed by atoms with Gasteiger partial charge in [0.15, 0.2) is 10.2 Å². The van der Waals surface area contributed by atoms with E-state index in [-0.39, 0.29) is 0 Å². The molecule has 0 unspecified atom stereocenters. The molecule has 8 saturated carbocycles. The maximum absolute atomic E-state index is 5.68. The molecule has 172 valence electrons. The second kappa shape index (κ2) is 8.00. The zero-order chi connectivity index (χ0) is 21.1. The predicted molar refractivity (Wildman–Crippen MR) is 134 cm³/mol. The van der Waals surface area contributed by atoms with Crippen molar-refractivity contribution in [1.29, 1.82) is 0 Å². The van der Waals surface area contributed by atoms with Crippen LogP contribution < -0.4 is 21.3 Å². The first kappa shape index (κ1) is 20.9. The Labute approximate surface area is 198 Å². The largest absolute Gasteiger partial charge is 0.363 e. The van der Waals surface area contributed by atoms with Crippen LogP contribution in [0.4, 0.5) is 0 Å². The van der Waals surface area contributed by atoms with Crippen LogP contribution in [0, 0.1) is 35.5 Å². The first-order valence-corrected chi connectivity index (χ1v) is 13.9. The lowest BCUT2D eigenvalue weighted by atomic mass is 9.53. The Bertz CT molecular complexity index is 604. The van der Waals surface area contributed by atoms with Gasteiger partial charge in [0.1, 0.15) is 0 Å². The Morgan fingerprint density at radius 3 is 1.13 bits per heavy atom. The van der Waals surface area contributed by atoms with E-state index in [4.69, 9.17) is 24.4 Å². The van der Waals surface area contributed by atoms with Crippen molar-refractivity contribution in [3.05, 3.63) is 0 Å². The maximum atomic E-state index is 5.68. The zero-order valence-electron chi connectivity index (χ0n) is 18.9. The Hall–Kier alpha value is -0.620. The van der Waals surface area contributed by atoms with Crippen LogP contribution in [0.5, 0.6) is 0 Å². The van der Waals surface area contributed by atoms with Crippen LogP contribution in [0.15, 0.2) is 0 Å². The van der Waals surface area contributed by atoms with Crippen LogP contribution in [-0.2, 0) is 0 Å². The van der Waals surface area contributed by atoms with Gasteiger partial charge in [-0.1, -0.05) is 0 Å². The van der Waals surface area contributed by atoms with Crippen molar-refractivity contribution in [1.82, 2.24) is 21.3 Å². The van der Waals surface area contributed by atoms with E-state index >= 15 is 0 Å². The van der Waals surface area contributed by atoms with E-state index < -0.39 is 0 Å². The lowest BCUT2D eigenvalue weighted by molar-refractivity contribution is -0.0103. The third-order valence-electron chi connectivity index (χ3n) is 9.76. The molecule has 8 bridgehead atoms. The molecule has 8 fully saturated rings. The van der Waals surface area contributed by atoms with Crippen molar-refractivity contribution in [3.63, 3.8) is 0 Å². The summed E-state index contributed by atoms with van der Waals surface area (Å²) in [4.78, 5) is 0. The first-order chi connectivity index (χ1) is 15.0. The topological polar surface area (TPSA) is 48.1 Å². The number of hydrogen-bond donors (Lipinski definition) is 4. The first-order valence-electron chi connectivity index (χ1n) is 13.1. The highest BCUT2D eigenvalue weighted by Gasteiger charge is 2.52. The van der Waals surface area contributed by atoms with E-state index in [1.807, 2.05) is 0 Å². The average Bonchev–Trinajstić information content (AvgIpc) is 2.64. The Kier molecular flexibility index (Phi) is 5.41. The SMILES string of the molecule is S=C(NCCCNC(=S)NC12CC3CC(CC(C3)C1)C2)NC12CC3CC(CC(C3)C1)C2. The highest BCUT2D eigenvalue weighted by atomic mass is 32.1. The minimum Gasteiger partial charge on any atom is -0.363 e. The third kappa shape index (κ3) is 4.32. The van der Waals surface area contributed by atoms with E-state index in [0.717, 1.165) is 65.2 Å². The highest BCUT2D eigenvalue weighted by molar-refractivity contribution is 7.80. The van der Waals surface area contributed by atoms with Gasteiger partial charge >= 0.3 is 0 Å². The van der Waals surface area contributed by atoms with Gasteiger partial charge in [0.2, 0.25) is 0 Å². The molecule has 0 aliphatic heterocycles. The molecular formula is C25H40N4S2. The molecule has 4 nitrogen and oxygen atoms in total. The monoisotopic (exact) mass is 460 g/mol. The fourth-order valence-corrected chi connectivity index (χ4v) is 10.2. The molecule has 31 heavy (non-hydrogen) atoms. The molecular weight excluding hydrogens is 420 g/mol. The fraction of sp³-hybridized carbons (Fsp3) is 0.920. The van der Waals surface area contributed by atoms with Gasteiger partial charge in [-0.25, -0.2) is 0 Å². The van der Waals surface area contributed by atoms with E-state index in [2.05, 4.69) is 21.3 Å². The van der Waals surface area contributed by atoms with E-state index in [1.54, 1.807) is 0 Å². The lowest BCUT2D eigenvalue weighted by Crippen LogP contribution is -2.61. The molecule has 8 rings (SSSR count). The summed E-state index contributed by atoms with van der Waals surface area (Å²) < 4.78 is 0. The molecule has 8 aliphatic carbocycles. The van der Waals surface area contributed by atoms with Gasteiger partial charge in [0.05, 0.1) is 0 Å². The van der Waals surface area contributed by atoms with Crippen LogP contribution in [0.2, 0.25) is 0 Å².